The Bertz CT molecular complexity index is 19.0. The molecule has 0 radical (unpaired) electrons. The van der Waals surface area contributed by atoms with Crippen molar-refractivity contribution in [2.45, 2.75) is 26.7 Å². The molecule has 0 spiro atoms. The fraction of sp³-hybridized carbons (Fsp3) is 1.00. The largest absolute Gasteiger partial charge is 0.396 e. The third-order valence-corrected chi connectivity index (χ3v) is 0.447. The van der Waals surface area contributed by atoms with E-state index in [0.29, 0.717) is 13.2 Å². The van der Waals surface area contributed by atoms with E-state index in [2.05, 4.69) is 0 Å². The Hall–Kier alpha value is 0.790. The molecule has 2 nitrogen and oxygen atoms in total. The van der Waals surface area contributed by atoms with Crippen LogP contribution in [0.5, 0.6) is 0 Å². The Morgan fingerprint density at radius 3 is 1.00 bits per heavy atom. The van der Waals surface area contributed by atoms with Crippen molar-refractivity contribution in [1.29, 1.82) is 0 Å². The molecular weight excluding hydrogens is 283 g/mol. The van der Waals surface area contributed by atoms with Gasteiger partial charge in [0.1, 0.15) is 0 Å². The normalized spacial score (nSPS) is 6.67. The molecule has 0 saturated heterocycles. The molecular formula is C6H16HfO2. The average molecular weight is 299 g/mol. The van der Waals surface area contributed by atoms with Crippen molar-refractivity contribution in [1.82, 2.24) is 0 Å². The van der Waals surface area contributed by atoms with Gasteiger partial charge in [0.15, 0.2) is 0 Å². The zero-order valence-corrected chi connectivity index (χ0v) is 9.82. The molecule has 0 amide bonds. The van der Waals surface area contributed by atoms with Crippen LogP contribution in [-0.4, -0.2) is 23.4 Å². The molecule has 0 fully saturated rings. The first-order valence-electron chi connectivity index (χ1n) is 3.05. The molecule has 0 heterocycles. The molecule has 0 aromatic carbocycles. The molecule has 56 valence electrons. The van der Waals surface area contributed by atoms with E-state index in [9.17, 15) is 0 Å². The van der Waals surface area contributed by atoms with E-state index in [1.807, 2.05) is 13.8 Å². The smallest absolute Gasteiger partial charge is 0.0428 e. The molecule has 3 heteroatoms. The van der Waals surface area contributed by atoms with Crippen LogP contribution >= 0.6 is 0 Å². The first kappa shape index (κ1) is 16.4. The van der Waals surface area contributed by atoms with Crippen molar-refractivity contribution < 1.29 is 36.1 Å². The number of hydrogen-bond acceptors (Lipinski definition) is 2. The van der Waals surface area contributed by atoms with E-state index in [4.69, 9.17) is 10.2 Å². The Labute approximate surface area is 76.1 Å². The van der Waals surface area contributed by atoms with Gasteiger partial charge in [-0.1, -0.05) is 13.8 Å². The first-order chi connectivity index (χ1) is 3.83. The molecule has 0 aromatic heterocycles. The summed E-state index contributed by atoms with van der Waals surface area (Å²) in [6.07, 6.45) is 1.75. The minimum atomic E-state index is 0. The van der Waals surface area contributed by atoms with Crippen LogP contribution in [0.2, 0.25) is 0 Å². The summed E-state index contributed by atoms with van der Waals surface area (Å²) < 4.78 is 0. The number of rotatable bonds is 2. The Balaban J connectivity index is -0.0000000720. The summed E-state index contributed by atoms with van der Waals surface area (Å²) >= 11 is 0. The van der Waals surface area contributed by atoms with Crippen molar-refractivity contribution in [3.8, 4) is 0 Å². The second-order valence-corrected chi connectivity index (χ2v) is 1.45. The average Bonchev–Trinajstić information content (AvgIpc) is 1.88. The molecule has 0 rings (SSSR count). The quantitative estimate of drug-likeness (QED) is 0.740. The van der Waals surface area contributed by atoms with Gasteiger partial charge in [-0.05, 0) is 12.8 Å². The van der Waals surface area contributed by atoms with Gasteiger partial charge in [0, 0.05) is 39.1 Å². The van der Waals surface area contributed by atoms with Crippen molar-refractivity contribution in [2.24, 2.45) is 0 Å². The van der Waals surface area contributed by atoms with Crippen LogP contribution in [0.15, 0.2) is 0 Å². The molecule has 0 aliphatic carbocycles. The SMILES string of the molecule is CCCO.CCCO.[Hf]. The second kappa shape index (κ2) is 23.2. The van der Waals surface area contributed by atoms with Gasteiger partial charge in [-0.3, -0.25) is 0 Å². The Morgan fingerprint density at radius 2 is 1.00 bits per heavy atom. The van der Waals surface area contributed by atoms with Gasteiger partial charge in [0.2, 0.25) is 0 Å². The standard InChI is InChI=1S/2C3H8O.Hf/c2*1-2-3-4;/h2*4H,2-3H2,1H3;. The van der Waals surface area contributed by atoms with Gasteiger partial charge < -0.3 is 10.2 Å². The van der Waals surface area contributed by atoms with E-state index < -0.39 is 0 Å². The van der Waals surface area contributed by atoms with E-state index in [1.54, 1.807) is 0 Å². The monoisotopic (exact) mass is 300 g/mol. The van der Waals surface area contributed by atoms with Crippen molar-refractivity contribution in [3.05, 3.63) is 0 Å². The second-order valence-electron chi connectivity index (χ2n) is 1.45. The summed E-state index contributed by atoms with van der Waals surface area (Å²) in [6.45, 7) is 4.50. The predicted octanol–water partition coefficient (Wildman–Crippen LogP) is 0.775. The minimum absolute atomic E-state index is 0. The van der Waals surface area contributed by atoms with Gasteiger partial charge in [-0.2, -0.15) is 0 Å². The van der Waals surface area contributed by atoms with Gasteiger partial charge in [-0.25, -0.2) is 0 Å². The van der Waals surface area contributed by atoms with E-state index in [-0.39, 0.29) is 25.8 Å². The molecule has 0 saturated carbocycles. The van der Waals surface area contributed by atoms with Gasteiger partial charge >= 0.3 is 0 Å². The zero-order valence-electron chi connectivity index (χ0n) is 6.22. The van der Waals surface area contributed by atoms with Crippen LogP contribution < -0.4 is 0 Å². The van der Waals surface area contributed by atoms with E-state index in [1.165, 1.54) is 0 Å². The summed E-state index contributed by atoms with van der Waals surface area (Å²) in [6, 6.07) is 0. The molecule has 0 bridgehead atoms. The minimum Gasteiger partial charge on any atom is -0.396 e. The predicted molar refractivity (Wildman–Crippen MR) is 34.8 cm³/mol. The summed E-state index contributed by atoms with van der Waals surface area (Å²) in [5.41, 5.74) is 0. The number of aliphatic hydroxyl groups excluding tert-OH is 2. The summed E-state index contributed by atoms with van der Waals surface area (Å²) in [5, 5.41) is 15.8. The van der Waals surface area contributed by atoms with Crippen LogP contribution in [0.25, 0.3) is 0 Å². The zero-order chi connectivity index (χ0) is 6.83. The Kier molecular flexibility index (Phi) is 42.4. The molecule has 0 aliphatic heterocycles. The molecule has 0 aromatic rings. The van der Waals surface area contributed by atoms with Crippen molar-refractivity contribution >= 4 is 0 Å². The maximum Gasteiger partial charge on any atom is 0.0428 e. The van der Waals surface area contributed by atoms with Crippen LogP contribution in [-0.2, 0) is 25.8 Å². The fourth-order valence-corrected chi connectivity index (χ4v) is 0. The van der Waals surface area contributed by atoms with Crippen LogP contribution in [0.3, 0.4) is 0 Å². The van der Waals surface area contributed by atoms with E-state index >= 15 is 0 Å². The first-order valence-corrected chi connectivity index (χ1v) is 3.05. The fourth-order valence-electron chi connectivity index (χ4n) is 0. The summed E-state index contributed by atoms with van der Waals surface area (Å²) in [4.78, 5) is 0. The number of aliphatic hydroxyl groups is 2. The van der Waals surface area contributed by atoms with Crippen LogP contribution in [0.1, 0.15) is 26.7 Å². The van der Waals surface area contributed by atoms with Crippen molar-refractivity contribution in [2.75, 3.05) is 13.2 Å². The molecule has 2 N–H and O–H groups in total. The van der Waals surface area contributed by atoms with Gasteiger partial charge in [0.25, 0.3) is 0 Å². The summed E-state index contributed by atoms with van der Waals surface area (Å²) in [7, 11) is 0. The maximum atomic E-state index is 7.88. The van der Waals surface area contributed by atoms with Gasteiger partial charge in [-0.15, -0.1) is 0 Å². The third kappa shape index (κ3) is 52.1. The van der Waals surface area contributed by atoms with Crippen LogP contribution in [0, 0.1) is 0 Å². The maximum absolute atomic E-state index is 7.88. The molecule has 0 unspecified atom stereocenters. The molecule has 9 heavy (non-hydrogen) atoms. The third-order valence-electron chi connectivity index (χ3n) is 0.447. The van der Waals surface area contributed by atoms with Crippen LogP contribution in [0.4, 0.5) is 0 Å². The molecule has 0 atom stereocenters. The van der Waals surface area contributed by atoms with Crippen molar-refractivity contribution in [3.63, 3.8) is 0 Å². The Morgan fingerprint density at radius 1 is 0.889 bits per heavy atom. The topological polar surface area (TPSA) is 40.5 Å². The number of hydrogen-bond donors (Lipinski definition) is 2. The van der Waals surface area contributed by atoms with E-state index in [0.717, 1.165) is 12.8 Å². The summed E-state index contributed by atoms with van der Waals surface area (Å²) in [5.74, 6) is 0. The molecule has 0 aliphatic rings. The van der Waals surface area contributed by atoms with Gasteiger partial charge in [0.05, 0.1) is 0 Å².